The molecule has 0 bridgehead atoms. The zero-order valence-corrected chi connectivity index (χ0v) is 8.48. The molecule has 0 aromatic heterocycles. The van der Waals surface area contributed by atoms with Crippen LogP contribution in [0.25, 0.3) is 0 Å². The Bertz CT molecular complexity index is 326. The summed E-state index contributed by atoms with van der Waals surface area (Å²) >= 11 is 0. The van der Waals surface area contributed by atoms with Crippen LogP contribution in [-0.4, -0.2) is 13.2 Å². The van der Waals surface area contributed by atoms with E-state index >= 15 is 0 Å². The van der Waals surface area contributed by atoms with Crippen molar-refractivity contribution in [3.8, 4) is 0 Å². The maximum absolute atomic E-state index is 11.7. The molecule has 1 rings (SSSR count). The molecule has 0 unspecified atom stereocenters. The van der Waals surface area contributed by atoms with Gasteiger partial charge in [-0.15, -0.1) is 0 Å². The number of hydrogen-bond acceptors (Lipinski definition) is 2. The third kappa shape index (κ3) is 1.46. The van der Waals surface area contributed by atoms with Crippen LogP contribution in [0.3, 0.4) is 0 Å². The van der Waals surface area contributed by atoms with Gasteiger partial charge in [0.25, 0.3) is 0 Å². The number of sulfone groups is 1. The van der Waals surface area contributed by atoms with Crippen LogP contribution >= 0.6 is 0 Å². The van der Waals surface area contributed by atoms with Gasteiger partial charge in [-0.2, -0.15) is 0 Å². The molecular formula is C9H14O2S. The van der Waals surface area contributed by atoms with E-state index in [1.54, 1.807) is 32.9 Å². The van der Waals surface area contributed by atoms with Gasteiger partial charge < -0.3 is 0 Å². The molecule has 12 heavy (non-hydrogen) atoms. The van der Waals surface area contributed by atoms with Crippen LogP contribution in [0, 0.1) is 0 Å². The van der Waals surface area contributed by atoms with Gasteiger partial charge in [0.2, 0.25) is 0 Å². The molecular weight excluding hydrogens is 172 g/mol. The van der Waals surface area contributed by atoms with Crippen LogP contribution < -0.4 is 0 Å². The van der Waals surface area contributed by atoms with E-state index in [4.69, 9.17) is 0 Å². The first kappa shape index (κ1) is 9.52. The molecule has 0 N–H and O–H groups in total. The Morgan fingerprint density at radius 3 is 2.25 bits per heavy atom. The van der Waals surface area contributed by atoms with Gasteiger partial charge in [0.15, 0.2) is 9.84 Å². The van der Waals surface area contributed by atoms with E-state index < -0.39 is 14.6 Å². The third-order valence-electron chi connectivity index (χ3n) is 1.85. The lowest BCUT2D eigenvalue weighted by Crippen LogP contribution is -2.28. The summed E-state index contributed by atoms with van der Waals surface area (Å²) in [5.74, 6) is 0. The molecule has 2 nitrogen and oxygen atoms in total. The molecule has 0 radical (unpaired) electrons. The van der Waals surface area contributed by atoms with E-state index in [-0.39, 0.29) is 0 Å². The van der Waals surface area contributed by atoms with Gasteiger partial charge in [-0.1, -0.05) is 12.2 Å². The molecule has 0 amide bonds. The predicted molar refractivity (Wildman–Crippen MR) is 50.5 cm³/mol. The maximum atomic E-state index is 11.7. The summed E-state index contributed by atoms with van der Waals surface area (Å²) in [7, 11) is -3.10. The zero-order chi connectivity index (χ0) is 9.41. The molecule has 0 saturated heterocycles. The molecule has 68 valence electrons. The summed E-state index contributed by atoms with van der Waals surface area (Å²) < 4.78 is 22.8. The topological polar surface area (TPSA) is 34.1 Å². The molecule has 0 atom stereocenters. The second-order valence-electron chi connectivity index (χ2n) is 3.86. The van der Waals surface area contributed by atoms with E-state index in [1.165, 1.54) is 0 Å². The fraction of sp³-hybridized carbons (Fsp3) is 0.556. The number of hydrogen-bond donors (Lipinski definition) is 0. The Morgan fingerprint density at radius 1 is 1.33 bits per heavy atom. The fourth-order valence-corrected chi connectivity index (χ4v) is 2.29. The summed E-state index contributed by atoms with van der Waals surface area (Å²) in [4.78, 5) is 0.468. The van der Waals surface area contributed by atoms with E-state index in [2.05, 4.69) is 0 Å². The highest BCUT2D eigenvalue weighted by Crippen LogP contribution is 2.27. The average Bonchev–Trinajstić information content (AvgIpc) is 2.34. The summed E-state index contributed by atoms with van der Waals surface area (Å²) in [6, 6.07) is 0. The van der Waals surface area contributed by atoms with Gasteiger partial charge in [0.1, 0.15) is 0 Å². The van der Waals surface area contributed by atoms with Crippen molar-refractivity contribution in [2.75, 3.05) is 0 Å². The lowest BCUT2D eigenvalue weighted by molar-refractivity contribution is 0.568. The highest BCUT2D eigenvalue weighted by atomic mass is 32.2. The largest absolute Gasteiger partial charge is 0.223 e. The third-order valence-corrected chi connectivity index (χ3v) is 4.39. The van der Waals surface area contributed by atoms with Crippen molar-refractivity contribution in [3.05, 3.63) is 23.1 Å². The van der Waals surface area contributed by atoms with Gasteiger partial charge in [-0.25, -0.2) is 8.42 Å². The second-order valence-corrected chi connectivity index (χ2v) is 6.56. The minimum absolute atomic E-state index is 0.468. The van der Waals surface area contributed by atoms with Gasteiger partial charge in [-0.05, 0) is 33.3 Å². The Hall–Kier alpha value is -0.570. The molecule has 0 aliphatic heterocycles. The van der Waals surface area contributed by atoms with Crippen molar-refractivity contribution < 1.29 is 8.42 Å². The SMILES string of the molecule is CC(C)(C)S(=O)(=O)C1=CCC=C1. The molecule has 1 aliphatic rings. The number of rotatable bonds is 1. The van der Waals surface area contributed by atoms with Crippen LogP contribution in [0.5, 0.6) is 0 Å². The fourth-order valence-electron chi connectivity index (χ4n) is 0.989. The van der Waals surface area contributed by atoms with Crippen LogP contribution in [0.1, 0.15) is 27.2 Å². The van der Waals surface area contributed by atoms with Gasteiger partial charge in [-0.3, -0.25) is 0 Å². The summed E-state index contributed by atoms with van der Waals surface area (Å²) in [5.41, 5.74) is 0. The Morgan fingerprint density at radius 2 is 1.92 bits per heavy atom. The predicted octanol–water partition coefficient (Wildman–Crippen LogP) is 2.04. The van der Waals surface area contributed by atoms with Crippen molar-refractivity contribution in [1.82, 2.24) is 0 Å². The normalized spacial score (nSPS) is 18.1. The van der Waals surface area contributed by atoms with E-state index in [1.807, 2.05) is 6.08 Å². The second kappa shape index (κ2) is 2.73. The standard InChI is InChI=1S/C9H14O2S/c1-9(2,3)12(10,11)8-6-4-5-7-8/h4,6-7H,5H2,1-3H3. The maximum Gasteiger partial charge on any atom is 0.182 e. The molecule has 0 fully saturated rings. The van der Waals surface area contributed by atoms with Gasteiger partial charge in [0.05, 0.1) is 9.65 Å². The first-order valence-electron chi connectivity index (χ1n) is 3.97. The lowest BCUT2D eigenvalue weighted by Gasteiger charge is -2.18. The van der Waals surface area contributed by atoms with Crippen LogP contribution in [0.2, 0.25) is 0 Å². The van der Waals surface area contributed by atoms with Gasteiger partial charge in [0, 0.05) is 0 Å². The molecule has 0 heterocycles. The van der Waals surface area contributed by atoms with Crippen LogP contribution in [0.15, 0.2) is 23.1 Å². The molecule has 3 heteroatoms. The summed E-state index contributed by atoms with van der Waals surface area (Å²) in [5, 5.41) is 0. The average molecular weight is 186 g/mol. The Kier molecular flexibility index (Phi) is 2.17. The summed E-state index contributed by atoms with van der Waals surface area (Å²) in [6.45, 7) is 5.15. The lowest BCUT2D eigenvalue weighted by atomic mass is 10.3. The Balaban J connectivity index is 3.11. The van der Waals surface area contributed by atoms with Crippen molar-refractivity contribution in [3.63, 3.8) is 0 Å². The zero-order valence-electron chi connectivity index (χ0n) is 7.66. The van der Waals surface area contributed by atoms with E-state index in [0.717, 1.165) is 6.42 Å². The number of allylic oxidation sites excluding steroid dienone is 3. The quantitative estimate of drug-likeness (QED) is 0.628. The monoisotopic (exact) mass is 186 g/mol. The van der Waals surface area contributed by atoms with Crippen molar-refractivity contribution in [1.29, 1.82) is 0 Å². The molecule has 0 aromatic carbocycles. The Labute approximate surface area is 73.9 Å². The smallest absolute Gasteiger partial charge is 0.182 e. The highest BCUT2D eigenvalue weighted by molar-refractivity contribution is 7.96. The minimum atomic E-state index is -3.10. The highest BCUT2D eigenvalue weighted by Gasteiger charge is 2.31. The molecule has 0 aromatic rings. The summed E-state index contributed by atoms with van der Waals surface area (Å²) in [6.07, 6.45) is 6.03. The van der Waals surface area contributed by atoms with Crippen molar-refractivity contribution >= 4 is 9.84 Å². The molecule has 0 spiro atoms. The molecule has 1 aliphatic carbocycles. The molecule has 0 saturated carbocycles. The first-order valence-corrected chi connectivity index (χ1v) is 5.45. The van der Waals surface area contributed by atoms with Crippen LogP contribution in [0.4, 0.5) is 0 Å². The minimum Gasteiger partial charge on any atom is -0.223 e. The van der Waals surface area contributed by atoms with Crippen molar-refractivity contribution in [2.24, 2.45) is 0 Å². The van der Waals surface area contributed by atoms with Crippen LogP contribution in [-0.2, 0) is 9.84 Å². The first-order chi connectivity index (χ1) is 5.36. The van der Waals surface area contributed by atoms with Gasteiger partial charge >= 0.3 is 0 Å². The van der Waals surface area contributed by atoms with Crippen molar-refractivity contribution in [2.45, 2.75) is 31.9 Å². The van der Waals surface area contributed by atoms with E-state index in [0.29, 0.717) is 4.91 Å². The van der Waals surface area contributed by atoms with E-state index in [9.17, 15) is 8.42 Å².